The lowest BCUT2D eigenvalue weighted by Gasteiger charge is -2.29. The molecule has 2 heterocycles. The monoisotopic (exact) mass is 293 g/mol. The number of hydrogen-bond acceptors (Lipinski definition) is 6. The Morgan fingerprint density at radius 2 is 2.24 bits per heavy atom. The number of nitrogens with zero attached hydrogens (tertiary/aromatic N) is 4. The number of nitrogens with one attached hydrogen (secondary N) is 1. The Labute approximate surface area is 127 Å². The molecule has 0 aromatic carbocycles. The Bertz CT molecular complexity index is 465. The van der Waals surface area contributed by atoms with Gasteiger partial charge in [-0.15, -0.1) is 0 Å². The molecule has 0 saturated carbocycles. The molecule has 6 heteroatoms. The average Bonchev–Trinajstić information content (AvgIpc) is 2.77. The van der Waals surface area contributed by atoms with Gasteiger partial charge in [0.2, 0.25) is 5.95 Å². The number of aryl methyl sites for hydroxylation is 1. The summed E-state index contributed by atoms with van der Waals surface area (Å²) in [4.78, 5) is 13.4. The van der Waals surface area contributed by atoms with Crippen molar-refractivity contribution in [3.63, 3.8) is 0 Å². The third kappa shape index (κ3) is 4.04. The van der Waals surface area contributed by atoms with Crippen molar-refractivity contribution in [2.75, 3.05) is 43.9 Å². The van der Waals surface area contributed by atoms with Crippen molar-refractivity contribution < 1.29 is 5.11 Å². The Kier molecular flexibility index (Phi) is 5.36. The number of aliphatic hydroxyl groups is 1. The quantitative estimate of drug-likeness (QED) is 0.819. The number of aliphatic hydroxyl groups excluding tert-OH is 1. The first-order chi connectivity index (χ1) is 10.0. The van der Waals surface area contributed by atoms with Gasteiger partial charge in [0.05, 0.1) is 6.10 Å². The maximum Gasteiger partial charge on any atom is 0.224 e. The highest BCUT2D eigenvalue weighted by molar-refractivity contribution is 5.51. The predicted octanol–water partition coefficient (Wildman–Crippen LogP) is 1.11. The van der Waals surface area contributed by atoms with Crippen LogP contribution in [-0.2, 0) is 0 Å². The van der Waals surface area contributed by atoms with Crippen LogP contribution in [0.15, 0.2) is 6.20 Å². The van der Waals surface area contributed by atoms with Gasteiger partial charge in [0.25, 0.3) is 0 Å². The van der Waals surface area contributed by atoms with Crippen LogP contribution in [0.5, 0.6) is 0 Å². The van der Waals surface area contributed by atoms with Crippen LogP contribution in [0.25, 0.3) is 0 Å². The van der Waals surface area contributed by atoms with E-state index in [0.29, 0.717) is 18.5 Å². The van der Waals surface area contributed by atoms with Crippen molar-refractivity contribution in [2.24, 2.45) is 0 Å². The molecule has 0 spiro atoms. The van der Waals surface area contributed by atoms with Crippen LogP contribution in [-0.4, -0.2) is 65.8 Å². The lowest BCUT2D eigenvalue weighted by molar-refractivity contribution is 0.191. The predicted molar refractivity (Wildman–Crippen MR) is 85.9 cm³/mol. The summed E-state index contributed by atoms with van der Waals surface area (Å²) in [6.07, 6.45) is 3.41. The van der Waals surface area contributed by atoms with Gasteiger partial charge in [0, 0.05) is 37.4 Å². The van der Waals surface area contributed by atoms with E-state index in [9.17, 15) is 5.11 Å². The molecule has 1 aromatic rings. The van der Waals surface area contributed by atoms with Crippen LogP contribution >= 0.6 is 0 Å². The summed E-state index contributed by atoms with van der Waals surface area (Å²) in [5, 5.41) is 13.3. The first-order valence-corrected chi connectivity index (χ1v) is 7.68. The van der Waals surface area contributed by atoms with Gasteiger partial charge in [-0.3, -0.25) is 0 Å². The van der Waals surface area contributed by atoms with E-state index in [0.717, 1.165) is 37.3 Å². The van der Waals surface area contributed by atoms with Gasteiger partial charge in [0.15, 0.2) is 0 Å². The molecule has 1 fully saturated rings. The molecular formula is C15H27N5O. The Morgan fingerprint density at radius 1 is 1.48 bits per heavy atom. The number of β-amino-alcohol motifs (C(OH)–C–C–N with tert-alkyl or cyclic N) is 1. The molecular weight excluding hydrogens is 266 g/mol. The van der Waals surface area contributed by atoms with Crippen LogP contribution in [0.2, 0.25) is 0 Å². The highest BCUT2D eigenvalue weighted by atomic mass is 16.3. The first-order valence-electron chi connectivity index (χ1n) is 7.68. The van der Waals surface area contributed by atoms with E-state index in [1.807, 2.05) is 13.1 Å². The average molecular weight is 293 g/mol. The second kappa shape index (κ2) is 7.04. The lowest BCUT2D eigenvalue weighted by atomic mass is 10.2. The van der Waals surface area contributed by atoms with Crippen molar-refractivity contribution in [1.82, 2.24) is 14.9 Å². The summed E-state index contributed by atoms with van der Waals surface area (Å²) in [7, 11) is 4.12. The number of anilines is 2. The largest absolute Gasteiger partial charge is 0.391 e. The molecule has 2 rings (SSSR count). The maximum absolute atomic E-state index is 10.0. The summed E-state index contributed by atoms with van der Waals surface area (Å²) >= 11 is 0. The lowest BCUT2D eigenvalue weighted by Crippen LogP contribution is -2.38. The molecule has 2 unspecified atom stereocenters. The SMILES string of the molecule is CCCNc1ncc(C)c(N2CC(O)CC2CN(C)C)n1. The van der Waals surface area contributed by atoms with Crippen LogP contribution < -0.4 is 10.2 Å². The van der Waals surface area contributed by atoms with E-state index in [4.69, 9.17) is 0 Å². The molecule has 2 N–H and O–H groups in total. The number of aromatic nitrogens is 2. The summed E-state index contributed by atoms with van der Waals surface area (Å²) in [6.45, 7) is 6.57. The van der Waals surface area contributed by atoms with Crippen molar-refractivity contribution in [3.8, 4) is 0 Å². The van der Waals surface area contributed by atoms with Gasteiger partial charge in [-0.05, 0) is 33.9 Å². The molecule has 1 aliphatic heterocycles. The molecule has 1 aromatic heterocycles. The van der Waals surface area contributed by atoms with Gasteiger partial charge < -0.3 is 20.2 Å². The van der Waals surface area contributed by atoms with Crippen molar-refractivity contribution in [3.05, 3.63) is 11.8 Å². The minimum absolute atomic E-state index is 0.281. The fourth-order valence-electron chi connectivity index (χ4n) is 2.79. The molecule has 1 saturated heterocycles. The van der Waals surface area contributed by atoms with Crippen LogP contribution in [0.1, 0.15) is 25.3 Å². The zero-order chi connectivity index (χ0) is 15.4. The zero-order valence-corrected chi connectivity index (χ0v) is 13.5. The molecule has 6 nitrogen and oxygen atoms in total. The van der Waals surface area contributed by atoms with Crippen molar-refractivity contribution in [2.45, 2.75) is 38.8 Å². The fraction of sp³-hybridized carbons (Fsp3) is 0.733. The summed E-state index contributed by atoms with van der Waals surface area (Å²) < 4.78 is 0. The molecule has 2 atom stereocenters. The Hall–Kier alpha value is -1.40. The molecule has 0 bridgehead atoms. The standard InChI is InChI=1S/C15H27N5O/c1-5-6-16-15-17-8-11(2)14(18-15)20-10-13(21)7-12(20)9-19(3)4/h8,12-13,21H,5-7,9-10H2,1-4H3,(H,16,17,18). The molecule has 118 valence electrons. The number of rotatable bonds is 6. The minimum Gasteiger partial charge on any atom is -0.391 e. The molecule has 21 heavy (non-hydrogen) atoms. The highest BCUT2D eigenvalue weighted by Gasteiger charge is 2.33. The van der Waals surface area contributed by atoms with E-state index in [-0.39, 0.29) is 6.10 Å². The Balaban J connectivity index is 2.21. The Morgan fingerprint density at radius 3 is 2.90 bits per heavy atom. The fourth-order valence-corrected chi connectivity index (χ4v) is 2.79. The molecule has 0 radical (unpaired) electrons. The number of hydrogen-bond donors (Lipinski definition) is 2. The van der Waals surface area contributed by atoms with Gasteiger partial charge in [-0.1, -0.05) is 6.92 Å². The molecule has 1 aliphatic rings. The smallest absolute Gasteiger partial charge is 0.224 e. The van der Waals surface area contributed by atoms with E-state index >= 15 is 0 Å². The number of likely N-dealkylation sites (N-methyl/N-ethyl adjacent to an activating group) is 1. The van der Waals surface area contributed by atoms with Crippen LogP contribution in [0.4, 0.5) is 11.8 Å². The topological polar surface area (TPSA) is 64.5 Å². The second-order valence-electron chi connectivity index (χ2n) is 6.08. The summed E-state index contributed by atoms with van der Waals surface area (Å²) in [5.41, 5.74) is 1.05. The van der Waals surface area contributed by atoms with Crippen LogP contribution in [0, 0.1) is 6.92 Å². The minimum atomic E-state index is -0.281. The highest BCUT2D eigenvalue weighted by Crippen LogP contribution is 2.27. The molecule has 0 amide bonds. The van der Waals surface area contributed by atoms with Crippen LogP contribution in [0.3, 0.4) is 0 Å². The third-order valence-corrected chi connectivity index (χ3v) is 3.72. The zero-order valence-electron chi connectivity index (χ0n) is 13.5. The van der Waals surface area contributed by atoms with E-state index < -0.39 is 0 Å². The summed E-state index contributed by atoms with van der Waals surface area (Å²) in [6, 6.07) is 0.294. The van der Waals surface area contributed by atoms with Gasteiger partial charge in [-0.2, -0.15) is 4.98 Å². The van der Waals surface area contributed by atoms with E-state index in [1.54, 1.807) is 0 Å². The normalized spacial score (nSPS) is 22.1. The van der Waals surface area contributed by atoms with Gasteiger partial charge in [-0.25, -0.2) is 4.98 Å². The van der Waals surface area contributed by atoms with E-state index in [1.165, 1.54) is 0 Å². The third-order valence-electron chi connectivity index (χ3n) is 3.72. The first kappa shape index (κ1) is 16.0. The van der Waals surface area contributed by atoms with Crippen molar-refractivity contribution >= 4 is 11.8 Å². The van der Waals surface area contributed by atoms with Gasteiger partial charge >= 0.3 is 0 Å². The molecule has 0 aliphatic carbocycles. The summed E-state index contributed by atoms with van der Waals surface area (Å²) in [5.74, 6) is 1.61. The maximum atomic E-state index is 10.0. The second-order valence-corrected chi connectivity index (χ2v) is 6.08. The van der Waals surface area contributed by atoms with E-state index in [2.05, 4.69) is 46.1 Å². The van der Waals surface area contributed by atoms with Gasteiger partial charge in [0.1, 0.15) is 5.82 Å². The van der Waals surface area contributed by atoms with Crippen molar-refractivity contribution in [1.29, 1.82) is 0 Å².